The summed E-state index contributed by atoms with van der Waals surface area (Å²) in [5, 5.41) is 0.574. The van der Waals surface area contributed by atoms with Crippen molar-refractivity contribution < 1.29 is 9.53 Å². The van der Waals surface area contributed by atoms with Gasteiger partial charge in [0, 0.05) is 17.0 Å². The maximum absolute atomic E-state index is 11.9. The summed E-state index contributed by atoms with van der Waals surface area (Å²) in [5.41, 5.74) is 1.12. The van der Waals surface area contributed by atoms with Gasteiger partial charge in [0.1, 0.15) is 11.4 Å². The summed E-state index contributed by atoms with van der Waals surface area (Å²) in [6.07, 6.45) is 1.67. The topological polar surface area (TPSA) is 52.1 Å². The van der Waals surface area contributed by atoms with Crippen molar-refractivity contribution in [1.82, 2.24) is 8.75 Å². The van der Waals surface area contributed by atoms with Gasteiger partial charge in [-0.3, -0.25) is 4.79 Å². The number of nitrogens with zero attached hydrogens (tertiary/aromatic N) is 2. The van der Waals surface area contributed by atoms with Crippen LogP contribution in [0.4, 0.5) is 0 Å². The predicted octanol–water partition coefficient (Wildman–Crippen LogP) is 2.63. The number of hydrogen-bond acceptors (Lipinski definition) is 5. The highest BCUT2D eigenvalue weighted by molar-refractivity contribution is 6.99. The highest BCUT2D eigenvalue weighted by Gasteiger charge is 2.13. The molecule has 1 aromatic carbocycles. The number of carbonyl (C=O) groups is 1. The summed E-state index contributed by atoms with van der Waals surface area (Å²) in [4.78, 5) is 11.9. The van der Waals surface area contributed by atoms with Gasteiger partial charge in [-0.1, -0.05) is 11.6 Å². The molecule has 0 bridgehead atoms. The molecule has 0 aliphatic heterocycles. The van der Waals surface area contributed by atoms with Crippen molar-refractivity contribution in [2.24, 2.45) is 0 Å². The average molecular weight is 269 g/mol. The van der Waals surface area contributed by atoms with E-state index in [1.54, 1.807) is 25.3 Å². The molecule has 1 heterocycles. The number of hydrogen-bond donors (Lipinski definition) is 0. The molecule has 6 heteroatoms. The van der Waals surface area contributed by atoms with Gasteiger partial charge in [-0.15, -0.1) is 0 Å². The minimum atomic E-state index is -0.0979. The Morgan fingerprint density at radius 3 is 3.00 bits per heavy atom. The predicted molar refractivity (Wildman–Crippen MR) is 65.9 cm³/mol. The molecule has 88 valence electrons. The Bertz CT molecular complexity index is 528. The van der Waals surface area contributed by atoms with Crippen molar-refractivity contribution in [2.45, 2.75) is 6.42 Å². The van der Waals surface area contributed by atoms with Crippen LogP contribution in [0.3, 0.4) is 0 Å². The molecular formula is C11H9ClN2O2S. The van der Waals surface area contributed by atoms with Crippen LogP contribution >= 0.6 is 23.3 Å². The fourth-order valence-corrected chi connectivity index (χ4v) is 2.06. The fraction of sp³-hybridized carbons (Fsp3) is 0.182. The maximum Gasteiger partial charge on any atom is 0.188 e. The molecule has 0 aliphatic rings. The Morgan fingerprint density at radius 1 is 1.53 bits per heavy atom. The normalized spacial score (nSPS) is 10.2. The number of Topliss-reactive ketones (excluding diaryl/α,β-unsaturated/α-hetero) is 1. The smallest absolute Gasteiger partial charge is 0.188 e. The molecule has 0 amide bonds. The van der Waals surface area contributed by atoms with Gasteiger partial charge < -0.3 is 4.74 Å². The zero-order valence-electron chi connectivity index (χ0n) is 9.01. The Hall–Kier alpha value is -1.46. The van der Waals surface area contributed by atoms with E-state index in [9.17, 15) is 4.79 Å². The van der Waals surface area contributed by atoms with Gasteiger partial charge in [0.15, 0.2) is 5.78 Å². The van der Waals surface area contributed by atoms with E-state index in [-0.39, 0.29) is 12.2 Å². The summed E-state index contributed by atoms with van der Waals surface area (Å²) in [6.45, 7) is 0. The van der Waals surface area contributed by atoms with Crippen molar-refractivity contribution >= 4 is 29.1 Å². The second kappa shape index (κ2) is 5.25. The molecule has 4 nitrogen and oxygen atoms in total. The highest BCUT2D eigenvalue weighted by Crippen LogP contribution is 2.23. The lowest BCUT2D eigenvalue weighted by molar-refractivity contribution is 0.0988. The second-order valence-electron chi connectivity index (χ2n) is 3.35. The molecule has 0 spiro atoms. The van der Waals surface area contributed by atoms with Gasteiger partial charge in [0.2, 0.25) is 0 Å². The van der Waals surface area contributed by atoms with E-state index < -0.39 is 0 Å². The van der Waals surface area contributed by atoms with Crippen LogP contribution in [0.15, 0.2) is 24.4 Å². The van der Waals surface area contributed by atoms with Gasteiger partial charge in [-0.25, -0.2) is 0 Å². The Morgan fingerprint density at radius 2 is 2.35 bits per heavy atom. The molecule has 0 fully saturated rings. The Kier molecular flexibility index (Phi) is 3.71. The van der Waals surface area contributed by atoms with E-state index in [4.69, 9.17) is 16.3 Å². The summed E-state index contributed by atoms with van der Waals surface area (Å²) in [5.74, 6) is 0.547. The molecule has 2 aromatic rings. The standard InChI is InChI=1S/C11H9ClN2O2S/c1-16-11-3-2-8(12)4-7(11)5-10(15)9-6-13-17-14-9/h2-4,6H,5H2,1H3. The number of aromatic nitrogens is 2. The van der Waals surface area contributed by atoms with Crippen molar-refractivity contribution in [3.63, 3.8) is 0 Å². The third-order valence-electron chi connectivity index (χ3n) is 2.24. The average Bonchev–Trinajstić information content (AvgIpc) is 2.83. The molecule has 2 rings (SSSR count). The van der Waals surface area contributed by atoms with Crippen molar-refractivity contribution in [3.8, 4) is 5.75 Å². The summed E-state index contributed by atoms with van der Waals surface area (Å²) >= 11 is 6.90. The first-order valence-corrected chi connectivity index (χ1v) is 5.94. The van der Waals surface area contributed by atoms with Crippen molar-refractivity contribution in [2.75, 3.05) is 7.11 Å². The maximum atomic E-state index is 11.9. The first-order valence-electron chi connectivity index (χ1n) is 4.84. The zero-order valence-corrected chi connectivity index (χ0v) is 10.6. The molecule has 0 N–H and O–H groups in total. The lowest BCUT2D eigenvalue weighted by Gasteiger charge is -2.07. The lowest BCUT2D eigenvalue weighted by atomic mass is 10.1. The number of benzene rings is 1. The van der Waals surface area contributed by atoms with Gasteiger partial charge in [0.25, 0.3) is 0 Å². The van der Waals surface area contributed by atoms with Crippen molar-refractivity contribution in [1.29, 1.82) is 0 Å². The first-order chi connectivity index (χ1) is 8.20. The first kappa shape index (κ1) is 12.0. The number of rotatable bonds is 4. The van der Waals surface area contributed by atoms with E-state index in [1.807, 2.05) is 0 Å². The van der Waals surface area contributed by atoms with Crippen LogP contribution in [-0.4, -0.2) is 21.6 Å². The number of carbonyl (C=O) groups excluding carboxylic acids is 1. The van der Waals surface area contributed by atoms with Crippen LogP contribution in [0.1, 0.15) is 16.1 Å². The number of ketones is 1. The lowest BCUT2D eigenvalue weighted by Crippen LogP contribution is -2.05. The largest absolute Gasteiger partial charge is 0.496 e. The summed E-state index contributed by atoms with van der Waals surface area (Å²) in [7, 11) is 1.56. The van der Waals surface area contributed by atoms with E-state index in [1.165, 1.54) is 6.20 Å². The van der Waals surface area contributed by atoms with E-state index in [0.717, 1.165) is 17.3 Å². The quantitative estimate of drug-likeness (QED) is 0.800. The Balaban J connectivity index is 2.23. The fourth-order valence-electron chi connectivity index (χ4n) is 1.44. The van der Waals surface area contributed by atoms with Gasteiger partial charge in [-0.2, -0.15) is 8.75 Å². The molecule has 17 heavy (non-hydrogen) atoms. The summed E-state index contributed by atoms with van der Waals surface area (Å²) < 4.78 is 12.9. The minimum Gasteiger partial charge on any atom is -0.496 e. The van der Waals surface area contributed by atoms with E-state index in [0.29, 0.717) is 16.5 Å². The third-order valence-corrected chi connectivity index (χ3v) is 2.95. The SMILES string of the molecule is COc1ccc(Cl)cc1CC(=O)c1cnsn1. The monoisotopic (exact) mass is 268 g/mol. The van der Waals surface area contributed by atoms with Gasteiger partial charge >= 0.3 is 0 Å². The van der Waals surface area contributed by atoms with Crippen LogP contribution < -0.4 is 4.74 Å². The molecule has 0 atom stereocenters. The summed E-state index contributed by atoms with van der Waals surface area (Å²) in [6, 6.07) is 5.18. The molecule has 0 saturated heterocycles. The molecule has 0 unspecified atom stereocenters. The number of ether oxygens (including phenoxy) is 1. The molecule has 0 aliphatic carbocycles. The van der Waals surface area contributed by atoms with Crippen LogP contribution in [0.25, 0.3) is 0 Å². The molecule has 0 saturated carbocycles. The molecule has 1 aromatic heterocycles. The zero-order chi connectivity index (χ0) is 12.3. The minimum absolute atomic E-state index is 0.0979. The van der Waals surface area contributed by atoms with E-state index >= 15 is 0 Å². The second-order valence-corrected chi connectivity index (χ2v) is 4.34. The van der Waals surface area contributed by atoms with Crippen LogP contribution in [0.5, 0.6) is 5.75 Å². The Labute approximate surface area is 108 Å². The molecule has 0 radical (unpaired) electrons. The number of halogens is 1. The van der Waals surface area contributed by atoms with Gasteiger partial charge in [0.05, 0.1) is 25.0 Å². The number of methoxy groups -OCH3 is 1. The third kappa shape index (κ3) is 2.81. The van der Waals surface area contributed by atoms with E-state index in [2.05, 4.69) is 8.75 Å². The van der Waals surface area contributed by atoms with Crippen molar-refractivity contribution in [3.05, 3.63) is 40.7 Å². The van der Waals surface area contributed by atoms with Crippen LogP contribution in [0.2, 0.25) is 5.02 Å². The van der Waals surface area contributed by atoms with Crippen LogP contribution in [-0.2, 0) is 6.42 Å². The van der Waals surface area contributed by atoms with Crippen LogP contribution in [0, 0.1) is 0 Å². The van der Waals surface area contributed by atoms with Gasteiger partial charge in [-0.05, 0) is 18.2 Å². The molecular weight excluding hydrogens is 260 g/mol. The highest BCUT2D eigenvalue weighted by atomic mass is 35.5.